The molecule has 108 valence electrons. The van der Waals surface area contributed by atoms with Gasteiger partial charge in [0.25, 0.3) is 0 Å². The van der Waals surface area contributed by atoms with Crippen LogP contribution in [0.1, 0.15) is 36.8 Å². The SMILES string of the molecule is COc1cc(CNCC2(CO)CCCC2)ccc1C#N. The Morgan fingerprint density at radius 1 is 1.40 bits per heavy atom. The van der Waals surface area contributed by atoms with E-state index in [0.717, 1.165) is 31.5 Å². The zero-order chi connectivity index (χ0) is 14.4. The van der Waals surface area contributed by atoms with Crippen molar-refractivity contribution in [1.29, 1.82) is 5.26 Å². The Labute approximate surface area is 120 Å². The van der Waals surface area contributed by atoms with Crippen molar-refractivity contribution in [1.82, 2.24) is 5.32 Å². The minimum Gasteiger partial charge on any atom is -0.495 e. The first kappa shape index (κ1) is 14.8. The average molecular weight is 274 g/mol. The first-order chi connectivity index (χ1) is 9.73. The molecule has 2 rings (SSSR count). The summed E-state index contributed by atoms with van der Waals surface area (Å²) in [6, 6.07) is 7.73. The van der Waals surface area contributed by atoms with Crippen molar-refractivity contribution >= 4 is 0 Å². The second-order valence-electron chi connectivity index (χ2n) is 5.62. The summed E-state index contributed by atoms with van der Waals surface area (Å²) in [6.07, 6.45) is 4.64. The molecule has 2 N–H and O–H groups in total. The highest BCUT2D eigenvalue weighted by Gasteiger charge is 2.32. The number of nitriles is 1. The molecular formula is C16H22N2O2. The highest BCUT2D eigenvalue weighted by atomic mass is 16.5. The predicted octanol–water partition coefficient (Wildman–Crippen LogP) is 2.21. The van der Waals surface area contributed by atoms with E-state index in [-0.39, 0.29) is 12.0 Å². The van der Waals surface area contributed by atoms with Crippen molar-refractivity contribution in [2.45, 2.75) is 32.2 Å². The van der Waals surface area contributed by atoms with Crippen LogP contribution in [0.4, 0.5) is 0 Å². The van der Waals surface area contributed by atoms with Gasteiger partial charge < -0.3 is 15.2 Å². The average Bonchev–Trinajstić information content (AvgIpc) is 2.96. The Hall–Kier alpha value is -1.57. The van der Waals surface area contributed by atoms with Gasteiger partial charge in [-0.1, -0.05) is 18.9 Å². The number of hydrogen-bond acceptors (Lipinski definition) is 4. The van der Waals surface area contributed by atoms with Crippen LogP contribution in [0, 0.1) is 16.7 Å². The normalized spacial score (nSPS) is 16.9. The molecule has 4 heteroatoms. The molecule has 0 amide bonds. The number of methoxy groups -OCH3 is 1. The first-order valence-electron chi connectivity index (χ1n) is 7.12. The fourth-order valence-electron chi connectivity index (χ4n) is 2.93. The maximum atomic E-state index is 9.57. The number of aliphatic hydroxyl groups is 1. The van der Waals surface area contributed by atoms with Crippen LogP contribution >= 0.6 is 0 Å². The van der Waals surface area contributed by atoms with E-state index in [1.807, 2.05) is 12.1 Å². The molecule has 0 aliphatic heterocycles. The van der Waals surface area contributed by atoms with Crippen LogP contribution in [0.15, 0.2) is 18.2 Å². The Balaban J connectivity index is 1.93. The molecule has 0 atom stereocenters. The lowest BCUT2D eigenvalue weighted by molar-refractivity contribution is 0.128. The molecule has 4 nitrogen and oxygen atoms in total. The van der Waals surface area contributed by atoms with Gasteiger partial charge in [0.15, 0.2) is 0 Å². The molecule has 1 aliphatic rings. The summed E-state index contributed by atoms with van der Waals surface area (Å²) in [4.78, 5) is 0. The van der Waals surface area contributed by atoms with Crippen LogP contribution in [0.3, 0.4) is 0 Å². The number of nitrogens with one attached hydrogen (secondary N) is 1. The van der Waals surface area contributed by atoms with E-state index < -0.39 is 0 Å². The Kier molecular flexibility index (Phi) is 4.99. The molecule has 0 unspecified atom stereocenters. The van der Waals surface area contributed by atoms with Gasteiger partial charge in [-0.25, -0.2) is 0 Å². The molecular weight excluding hydrogens is 252 g/mol. The summed E-state index contributed by atoms with van der Waals surface area (Å²) in [5.74, 6) is 0.615. The van der Waals surface area contributed by atoms with Crippen LogP contribution in [0.5, 0.6) is 5.75 Å². The topological polar surface area (TPSA) is 65.3 Å². The van der Waals surface area contributed by atoms with Gasteiger partial charge in [0, 0.05) is 25.1 Å². The van der Waals surface area contributed by atoms with Crippen LogP contribution in [0.25, 0.3) is 0 Å². The molecule has 1 saturated carbocycles. The monoisotopic (exact) mass is 274 g/mol. The maximum absolute atomic E-state index is 9.57. The summed E-state index contributed by atoms with van der Waals surface area (Å²) in [5.41, 5.74) is 1.71. The molecule has 0 aromatic heterocycles. The molecule has 0 bridgehead atoms. The zero-order valence-electron chi connectivity index (χ0n) is 12.0. The summed E-state index contributed by atoms with van der Waals surface area (Å²) in [5, 5.41) is 21.9. The third-order valence-corrected chi connectivity index (χ3v) is 4.22. The molecule has 0 radical (unpaired) electrons. The van der Waals surface area contributed by atoms with Crippen LogP contribution < -0.4 is 10.1 Å². The molecule has 0 heterocycles. The van der Waals surface area contributed by atoms with E-state index in [1.54, 1.807) is 13.2 Å². The van der Waals surface area contributed by atoms with Crippen molar-refractivity contribution in [2.75, 3.05) is 20.3 Å². The minimum atomic E-state index is 0.0662. The molecule has 0 saturated heterocycles. The maximum Gasteiger partial charge on any atom is 0.136 e. The van der Waals surface area contributed by atoms with Crippen molar-refractivity contribution < 1.29 is 9.84 Å². The fourth-order valence-corrected chi connectivity index (χ4v) is 2.93. The lowest BCUT2D eigenvalue weighted by Gasteiger charge is -2.26. The Morgan fingerprint density at radius 3 is 2.75 bits per heavy atom. The van der Waals surface area contributed by atoms with E-state index >= 15 is 0 Å². The molecule has 1 fully saturated rings. The van der Waals surface area contributed by atoms with E-state index in [9.17, 15) is 5.11 Å². The third kappa shape index (κ3) is 3.30. The molecule has 20 heavy (non-hydrogen) atoms. The first-order valence-corrected chi connectivity index (χ1v) is 7.12. The van der Waals surface area contributed by atoms with E-state index in [2.05, 4.69) is 11.4 Å². The lowest BCUT2D eigenvalue weighted by Crippen LogP contribution is -2.34. The van der Waals surface area contributed by atoms with Crippen LogP contribution in [-0.4, -0.2) is 25.4 Å². The molecule has 0 spiro atoms. The van der Waals surface area contributed by atoms with Crippen molar-refractivity contribution in [3.05, 3.63) is 29.3 Å². The summed E-state index contributed by atoms with van der Waals surface area (Å²) in [6.45, 7) is 1.83. The highest BCUT2D eigenvalue weighted by molar-refractivity contribution is 5.45. The number of hydrogen-bond donors (Lipinski definition) is 2. The Morgan fingerprint density at radius 2 is 2.15 bits per heavy atom. The summed E-state index contributed by atoms with van der Waals surface area (Å²) in [7, 11) is 1.58. The van der Waals surface area contributed by atoms with Gasteiger partial charge in [0.1, 0.15) is 11.8 Å². The number of rotatable bonds is 6. The van der Waals surface area contributed by atoms with Crippen molar-refractivity contribution in [3.8, 4) is 11.8 Å². The summed E-state index contributed by atoms with van der Waals surface area (Å²) >= 11 is 0. The minimum absolute atomic E-state index is 0.0662. The number of benzene rings is 1. The van der Waals surface area contributed by atoms with Crippen LogP contribution in [0.2, 0.25) is 0 Å². The second-order valence-corrected chi connectivity index (χ2v) is 5.62. The van der Waals surface area contributed by atoms with Gasteiger partial charge in [0.2, 0.25) is 0 Å². The van der Waals surface area contributed by atoms with Gasteiger partial charge >= 0.3 is 0 Å². The van der Waals surface area contributed by atoms with Crippen LogP contribution in [-0.2, 0) is 6.54 Å². The van der Waals surface area contributed by atoms with Gasteiger partial charge in [-0.05, 0) is 30.5 Å². The molecule has 1 aromatic rings. The third-order valence-electron chi connectivity index (χ3n) is 4.22. The largest absolute Gasteiger partial charge is 0.495 e. The Bertz CT molecular complexity index is 488. The standard InChI is InChI=1S/C16H22N2O2/c1-20-15-8-13(4-5-14(15)9-17)10-18-11-16(12-19)6-2-3-7-16/h4-5,8,18-19H,2-3,6-7,10-12H2,1H3. The number of ether oxygens (including phenoxy) is 1. The van der Waals surface area contributed by atoms with Gasteiger partial charge in [-0.15, -0.1) is 0 Å². The van der Waals surface area contributed by atoms with E-state index in [4.69, 9.17) is 10.00 Å². The van der Waals surface area contributed by atoms with E-state index in [0.29, 0.717) is 11.3 Å². The van der Waals surface area contributed by atoms with Gasteiger partial charge in [0.05, 0.1) is 12.7 Å². The van der Waals surface area contributed by atoms with Gasteiger partial charge in [-0.3, -0.25) is 0 Å². The smallest absolute Gasteiger partial charge is 0.136 e. The number of nitrogens with zero attached hydrogens (tertiary/aromatic N) is 1. The quantitative estimate of drug-likeness (QED) is 0.834. The lowest BCUT2D eigenvalue weighted by atomic mass is 9.87. The second kappa shape index (κ2) is 6.74. The molecule has 1 aliphatic carbocycles. The summed E-state index contributed by atoms with van der Waals surface area (Å²) < 4.78 is 5.21. The van der Waals surface area contributed by atoms with E-state index in [1.165, 1.54) is 12.8 Å². The highest BCUT2D eigenvalue weighted by Crippen LogP contribution is 2.36. The predicted molar refractivity (Wildman–Crippen MR) is 77.4 cm³/mol. The molecule has 1 aromatic carbocycles. The number of aliphatic hydroxyl groups excluding tert-OH is 1. The van der Waals surface area contributed by atoms with Crippen molar-refractivity contribution in [3.63, 3.8) is 0 Å². The fraction of sp³-hybridized carbons (Fsp3) is 0.562. The zero-order valence-corrected chi connectivity index (χ0v) is 12.0. The van der Waals surface area contributed by atoms with Crippen molar-refractivity contribution in [2.24, 2.45) is 5.41 Å². The van der Waals surface area contributed by atoms with Gasteiger partial charge in [-0.2, -0.15) is 5.26 Å².